The van der Waals surface area contributed by atoms with Crippen molar-refractivity contribution in [3.8, 4) is 0 Å². The van der Waals surface area contributed by atoms with E-state index >= 15 is 0 Å². The first-order chi connectivity index (χ1) is 9.17. The Labute approximate surface area is 117 Å². The van der Waals surface area contributed by atoms with E-state index in [4.69, 9.17) is 0 Å². The Morgan fingerprint density at radius 3 is 2.42 bits per heavy atom. The van der Waals surface area contributed by atoms with E-state index in [0.717, 1.165) is 40.4 Å². The number of thioether (sulfide) groups is 1. The quantitative estimate of drug-likeness (QED) is 0.668. The molecule has 6 heteroatoms. The fourth-order valence-corrected chi connectivity index (χ4v) is 2.44. The van der Waals surface area contributed by atoms with Crippen LogP contribution in [0, 0.1) is 13.8 Å². The average molecular weight is 275 g/mol. The maximum absolute atomic E-state index is 4.39. The smallest absolute Gasteiger partial charge is 0.188 e. The summed E-state index contributed by atoms with van der Waals surface area (Å²) in [5.41, 5.74) is 2.90. The second-order valence-corrected chi connectivity index (χ2v) is 5.09. The standard InChI is InChI=1S/C13H17N5S/c1-4-14-12-7-15-11(6-16-12)8-19-13-17-9(2)5-10(3)18-13/h5-7H,4,8H2,1-3H3,(H,14,16). The van der Waals surface area contributed by atoms with Crippen molar-refractivity contribution in [3.63, 3.8) is 0 Å². The number of anilines is 1. The molecule has 5 nitrogen and oxygen atoms in total. The average Bonchev–Trinajstić information content (AvgIpc) is 2.37. The summed E-state index contributed by atoms with van der Waals surface area (Å²) in [6.45, 7) is 6.83. The Bertz CT molecular complexity index is 521. The lowest BCUT2D eigenvalue weighted by atomic mass is 10.4. The van der Waals surface area contributed by atoms with Crippen LogP contribution in [-0.2, 0) is 5.75 Å². The Hall–Kier alpha value is -1.69. The Balaban J connectivity index is 1.98. The monoisotopic (exact) mass is 275 g/mol. The SMILES string of the molecule is CCNc1cnc(CSc2nc(C)cc(C)n2)cn1. The maximum atomic E-state index is 4.39. The van der Waals surface area contributed by atoms with Crippen molar-refractivity contribution >= 4 is 17.6 Å². The highest BCUT2D eigenvalue weighted by Gasteiger charge is 2.03. The van der Waals surface area contributed by atoms with Crippen LogP contribution in [0.2, 0.25) is 0 Å². The van der Waals surface area contributed by atoms with Crippen molar-refractivity contribution < 1.29 is 0 Å². The first kappa shape index (κ1) is 13.7. The molecule has 0 aromatic carbocycles. The lowest BCUT2D eigenvalue weighted by molar-refractivity contribution is 0.900. The molecule has 0 aliphatic carbocycles. The highest BCUT2D eigenvalue weighted by molar-refractivity contribution is 7.98. The van der Waals surface area contributed by atoms with Crippen LogP contribution in [-0.4, -0.2) is 26.5 Å². The number of nitrogens with zero attached hydrogens (tertiary/aromatic N) is 4. The Morgan fingerprint density at radius 1 is 1.11 bits per heavy atom. The molecule has 2 rings (SSSR count). The second-order valence-electron chi connectivity index (χ2n) is 4.15. The van der Waals surface area contributed by atoms with Gasteiger partial charge < -0.3 is 5.32 Å². The fraction of sp³-hybridized carbons (Fsp3) is 0.385. The molecule has 0 aliphatic rings. The summed E-state index contributed by atoms with van der Waals surface area (Å²) in [4.78, 5) is 17.4. The zero-order valence-electron chi connectivity index (χ0n) is 11.3. The second kappa shape index (κ2) is 6.47. The Morgan fingerprint density at radius 2 is 1.84 bits per heavy atom. The maximum Gasteiger partial charge on any atom is 0.188 e. The van der Waals surface area contributed by atoms with Crippen molar-refractivity contribution in [1.29, 1.82) is 0 Å². The predicted octanol–water partition coefficient (Wildman–Crippen LogP) is 2.61. The molecule has 100 valence electrons. The number of hydrogen-bond donors (Lipinski definition) is 1. The summed E-state index contributed by atoms with van der Waals surface area (Å²) in [6.07, 6.45) is 3.54. The van der Waals surface area contributed by atoms with E-state index in [-0.39, 0.29) is 0 Å². The van der Waals surface area contributed by atoms with Crippen LogP contribution >= 0.6 is 11.8 Å². The molecule has 0 fully saturated rings. The highest BCUT2D eigenvalue weighted by atomic mass is 32.2. The zero-order valence-corrected chi connectivity index (χ0v) is 12.2. The normalized spacial score (nSPS) is 10.5. The number of nitrogens with one attached hydrogen (secondary N) is 1. The van der Waals surface area contributed by atoms with Crippen LogP contribution in [0.5, 0.6) is 0 Å². The highest BCUT2D eigenvalue weighted by Crippen LogP contribution is 2.18. The van der Waals surface area contributed by atoms with Gasteiger partial charge in [-0.15, -0.1) is 0 Å². The van der Waals surface area contributed by atoms with E-state index in [1.54, 1.807) is 24.2 Å². The Kier molecular flexibility index (Phi) is 4.68. The third-order valence-electron chi connectivity index (χ3n) is 2.37. The van der Waals surface area contributed by atoms with Gasteiger partial charge in [-0.25, -0.2) is 15.0 Å². The summed E-state index contributed by atoms with van der Waals surface area (Å²) >= 11 is 1.58. The van der Waals surface area contributed by atoms with Gasteiger partial charge in [0.05, 0.1) is 18.1 Å². The van der Waals surface area contributed by atoms with Crippen LogP contribution in [0.25, 0.3) is 0 Å². The summed E-state index contributed by atoms with van der Waals surface area (Å²) in [5, 5.41) is 3.91. The van der Waals surface area contributed by atoms with Gasteiger partial charge in [-0.2, -0.15) is 0 Å². The first-order valence-electron chi connectivity index (χ1n) is 6.17. The van der Waals surface area contributed by atoms with Gasteiger partial charge in [0, 0.05) is 23.7 Å². The predicted molar refractivity (Wildman–Crippen MR) is 77.3 cm³/mol. The molecule has 2 heterocycles. The lowest BCUT2D eigenvalue weighted by Crippen LogP contribution is -2.01. The van der Waals surface area contributed by atoms with Gasteiger partial charge in [-0.1, -0.05) is 11.8 Å². The van der Waals surface area contributed by atoms with E-state index in [1.807, 2.05) is 26.8 Å². The number of rotatable bonds is 5. The molecule has 0 amide bonds. The van der Waals surface area contributed by atoms with Crippen molar-refractivity contribution in [3.05, 3.63) is 35.5 Å². The van der Waals surface area contributed by atoms with Crippen LogP contribution in [0.1, 0.15) is 24.0 Å². The number of aromatic nitrogens is 4. The minimum atomic E-state index is 0.725. The summed E-state index contributed by atoms with van der Waals surface area (Å²) in [6, 6.07) is 1.97. The number of hydrogen-bond acceptors (Lipinski definition) is 6. The van der Waals surface area contributed by atoms with Crippen molar-refractivity contribution in [2.75, 3.05) is 11.9 Å². The first-order valence-corrected chi connectivity index (χ1v) is 7.16. The van der Waals surface area contributed by atoms with Crippen LogP contribution in [0.3, 0.4) is 0 Å². The minimum absolute atomic E-state index is 0.725. The molecule has 0 bridgehead atoms. The van der Waals surface area contributed by atoms with Crippen LogP contribution < -0.4 is 5.32 Å². The fourth-order valence-electron chi connectivity index (χ4n) is 1.60. The number of aryl methyl sites for hydroxylation is 2. The molecule has 2 aromatic rings. The zero-order chi connectivity index (χ0) is 13.7. The van der Waals surface area contributed by atoms with Crippen molar-refractivity contribution in [2.24, 2.45) is 0 Å². The third kappa shape index (κ3) is 4.17. The summed E-state index contributed by atoms with van der Waals surface area (Å²) in [5.74, 6) is 1.53. The molecule has 19 heavy (non-hydrogen) atoms. The van der Waals surface area contributed by atoms with E-state index in [0.29, 0.717) is 0 Å². The molecule has 0 unspecified atom stereocenters. The molecular formula is C13H17N5S. The third-order valence-corrected chi connectivity index (χ3v) is 3.26. The van der Waals surface area contributed by atoms with Gasteiger partial charge in [0.15, 0.2) is 5.16 Å². The van der Waals surface area contributed by atoms with Crippen molar-refractivity contribution in [1.82, 2.24) is 19.9 Å². The van der Waals surface area contributed by atoms with Crippen LogP contribution in [0.4, 0.5) is 5.82 Å². The van der Waals surface area contributed by atoms with E-state index in [9.17, 15) is 0 Å². The van der Waals surface area contributed by atoms with E-state index in [1.165, 1.54) is 0 Å². The van der Waals surface area contributed by atoms with Gasteiger partial charge in [0.25, 0.3) is 0 Å². The summed E-state index contributed by atoms with van der Waals surface area (Å²) < 4.78 is 0. The minimum Gasteiger partial charge on any atom is -0.369 e. The van der Waals surface area contributed by atoms with Gasteiger partial charge in [0.1, 0.15) is 5.82 Å². The molecule has 0 atom stereocenters. The van der Waals surface area contributed by atoms with Crippen molar-refractivity contribution in [2.45, 2.75) is 31.7 Å². The topological polar surface area (TPSA) is 63.6 Å². The lowest BCUT2D eigenvalue weighted by Gasteiger charge is -2.04. The molecule has 2 aromatic heterocycles. The molecule has 0 spiro atoms. The molecular weight excluding hydrogens is 258 g/mol. The van der Waals surface area contributed by atoms with Gasteiger partial charge in [-0.05, 0) is 26.8 Å². The molecule has 0 saturated carbocycles. The van der Waals surface area contributed by atoms with E-state index in [2.05, 4.69) is 25.3 Å². The van der Waals surface area contributed by atoms with Gasteiger partial charge in [-0.3, -0.25) is 4.98 Å². The molecule has 1 N–H and O–H groups in total. The molecule has 0 aliphatic heterocycles. The summed E-state index contributed by atoms with van der Waals surface area (Å²) in [7, 11) is 0. The van der Waals surface area contributed by atoms with Gasteiger partial charge in [0.2, 0.25) is 0 Å². The van der Waals surface area contributed by atoms with Gasteiger partial charge >= 0.3 is 0 Å². The van der Waals surface area contributed by atoms with E-state index < -0.39 is 0 Å². The largest absolute Gasteiger partial charge is 0.369 e. The molecule has 0 radical (unpaired) electrons. The molecule has 0 saturated heterocycles. The van der Waals surface area contributed by atoms with Crippen LogP contribution in [0.15, 0.2) is 23.6 Å².